The van der Waals surface area contributed by atoms with Crippen molar-refractivity contribution in [2.45, 2.75) is 19.5 Å². The van der Waals surface area contributed by atoms with E-state index in [1.807, 2.05) is 47.3 Å². The van der Waals surface area contributed by atoms with Gasteiger partial charge in [0.15, 0.2) is 0 Å². The van der Waals surface area contributed by atoms with Gasteiger partial charge in [-0.2, -0.15) is 9.47 Å². The second-order valence-corrected chi connectivity index (χ2v) is 10.1. The fourth-order valence-electron chi connectivity index (χ4n) is 4.82. The highest BCUT2D eigenvalue weighted by molar-refractivity contribution is 7.03. The third-order valence-electron chi connectivity index (χ3n) is 6.86. The van der Waals surface area contributed by atoms with Crippen LogP contribution in [0.25, 0.3) is 32.9 Å². The smallest absolute Gasteiger partial charge is 0.335 e. The maximum atomic E-state index is 13.8. The molecule has 0 fully saturated rings. The van der Waals surface area contributed by atoms with Crippen molar-refractivity contribution in [1.82, 2.24) is 19.5 Å². The lowest BCUT2D eigenvalue weighted by Gasteiger charge is -2.16. The number of carboxylic acid groups (broad SMARTS) is 1. The number of carbonyl (C=O) groups is 2. The molecule has 0 unspecified atom stereocenters. The molecule has 0 aliphatic carbocycles. The number of carboxylic acids is 1. The molecular formula is C31H24N4O3S. The van der Waals surface area contributed by atoms with Crippen LogP contribution >= 0.6 is 11.5 Å². The second kappa shape index (κ2) is 10.2. The first-order valence-corrected chi connectivity index (χ1v) is 13.3. The van der Waals surface area contributed by atoms with Crippen LogP contribution in [0.1, 0.15) is 44.8 Å². The average molecular weight is 533 g/mol. The molecule has 0 aliphatic rings. The molecule has 0 bridgehead atoms. The Bertz CT molecular complexity index is 1820. The van der Waals surface area contributed by atoms with Gasteiger partial charge < -0.3 is 10.4 Å². The highest BCUT2D eigenvalue weighted by atomic mass is 32.1. The van der Waals surface area contributed by atoms with Gasteiger partial charge >= 0.3 is 5.97 Å². The summed E-state index contributed by atoms with van der Waals surface area (Å²) in [6.45, 7) is 2.39. The molecule has 1 atom stereocenters. The minimum atomic E-state index is -0.987. The summed E-state index contributed by atoms with van der Waals surface area (Å²) in [5.74, 6) is -1.23. The largest absolute Gasteiger partial charge is 0.478 e. The van der Waals surface area contributed by atoms with Gasteiger partial charge in [0.2, 0.25) is 0 Å². The predicted molar refractivity (Wildman–Crippen MR) is 153 cm³/mol. The lowest BCUT2D eigenvalue weighted by molar-refractivity contribution is 0.0696. The molecule has 0 saturated carbocycles. The minimum absolute atomic E-state index is 0.201. The van der Waals surface area contributed by atoms with Crippen LogP contribution in [0.2, 0.25) is 0 Å². The molecule has 192 valence electrons. The fourth-order valence-corrected chi connectivity index (χ4v) is 5.35. The molecular weight excluding hydrogens is 508 g/mol. The van der Waals surface area contributed by atoms with Crippen molar-refractivity contribution >= 4 is 45.1 Å². The highest BCUT2D eigenvalue weighted by Gasteiger charge is 2.20. The number of benzene rings is 4. The molecule has 0 aliphatic heterocycles. The minimum Gasteiger partial charge on any atom is -0.478 e. The number of aromatic carboxylic acids is 1. The van der Waals surface area contributed by atoms with E-state index in [1.54, 1.807) is 30.5 Å². The first-order chi connectivity index (χ1) is 19.0. The molecule has 8 heteroatoms. The van der Waals surface area contributed by atoms with Crippen LogP contribution in [0.4, 0.5) is 0 Å². The summed E-state index contributed by atoms with van der Waals surface area (Å²) in [6.07, 6.45) is 1.79. The van der Waals surface area contributed by atoms with Crippen LogP contribution in [0.3, 0.4) is 0 Å². The molecule has 0 radical (unpaired) electrons. The lowest BCUT2D eigenvalue weighted by atomic mass is 10.0. The summed E-state index contributed by atoms with van der Waals surface area (Å²) >= 11 is 1.36. The van der Waals surface area contributed by atoms with Gasteiger partial charge in [0.1, 0.15) is 0 Å². The zero-order chi connectivity index (χ0) is 26.9. The molecule has 2 heterocycles. The SMILES string of the molecule is C[C@H](NC(=O)c1cc(-c2ccsn2)cc2cnn(Cc3ccc4ccccc4c3)c12)c1ccc(C(=O)O)cc1. The van der Waals surface area contributed by atoms with Gasteiger partial charge in [-0.3, -0.25) is 9.48 Å². The number of fused-ring (bicyclic) bond motifs is 2. The molecule has 0 spiro atoms. The van der Waals surface area contributed by atoms with Crippen molar-refractivity contribution in [3.05, 3.63) is 119 Å². The monoisotopic (exact) mass is 532 g/mol. The number of aromatic nitrogens is 3. The molecule has 39 heavy (non-hydrogen) atoms. The van der Waals surface area contributed by atoms with Crippen molar-refractivity contribution in [2.24, 2.45) is 0 Å². The van der Waals surface area contributed by atoms with Gasteiger partial charge in [-0.25, -0.2) is 4.79 Å². The van der Waals surface area contributed by atoms with Crippen LogP contribution in [-0.2, 0) is 6.54 Å². The molecule has 7 nitrogen and oxygen atoms in total. The topological polar surface area (TPSA) is 97.1 Å². The van der Waals surface area contributed by atoms with E-state index >= 15 is 0 Å². The van der Waals surface area contributed by atoms with Crippen LogP contribution in [-0.4, -0.2) is 31.1 Å². The number of rotatable bonds is 7. The Morgan fingerprint density at radius 1 is 0.949 bits per heavy atom. The summed E-state index contributed by atoms with van der Waals surface area (Å²) in [5.41, 5.74) is 4.99. The predicted octanol–water partition coefficient (Wildman–Crippen LogP) is 6.55. The maximum Gasteiger partial charge on any atom is 0.335 e. The Morgan fingerprint density at radius 3 is 2.49 bits per heavy atom. The standard InChI is InChI=1S/C31H24N4O3S/c1-19(21-8-10-23(11-9-21)31(37)38)33-30(36)27-16-25(28-12-13-39-34-28)15-26-17-32-35(29(26)27)18-20-6-7-22-4-2-3-5-24(22)14-20/h2-17,19H,18H2,1H3,(H,33,36)(H,37,38)/t19-/m0/s1. The molecule has 4 aromatic carbocycles. The fraction of sp³-hybridized carbons (Fsp3) is 0.0968. The molecule has 6 rings (SSSR count). The van der Waals surface area contributed by atoms with E-state index in [-0.39, 0.29) is 17.5 Å². The normalized spacial score (nSPS) is 12.0. The van der Waals surface area contributed by atoms with Crippen LogP contribution in [0.15, 0.2) is 96.5 Å². The number of nitrogens with zero attached hydrogens (tertiary/aromatic N) is 3. The van der Waals surface area contributed by atoms with Gasteiger partial charge in [0.05, 0.1) is 41.1 Å². The molecule has 1 amide bonds. The Kier molecular flexibility index (Phi) is 6.38. The van der Waals surface area contributed by atoms with Crippen molar-refractivity contribution in [3.63, 3.8) is 0 Å². The van der Waals surface area contributed by atoms with Crippen molar-refractivity contribution in [2.75, 3.05) is 0 Å². The summed E-state index contributed by atoms with van der Waals surface area (Å²) < 4.78 is 6.33. The first-order valence-electron chi connectivity index (χ1n) is 12.5. The van der Waals surface area contributed by atoms with E-state index in [4.69, 9.17) is 0 Å². The number of hydrogen-bond acceptors (Lipinski definition) is 5. The van der Waals surface area contributed by atoms with Gasteiger partial charge in [0, 0.05) is 16.3 Å². The Balaban J connectivity index is 1.38. The summed E-state index contributed by atoms with van der Waals surface area (Å²) in [7, 11) is 0. The molecule has 2 N–H and O–H groups in total. The molecule has 2 aromatic heterocycles. The number of nitrogens with one attached hydrogen (secondary N) is 1. The average Bonchev–Trinajstić information content (AvgIpc) is 3.63. The van der Waals surface area contributed by atoms with Gasteiger partial charge in [-0.15, -0.1) is 0 Å². The summed E-state index contributed by atoms with van der Waals surface area (Å²) in [5, 5.41) is 22.0. The first kappa shape index (κ1) is 24.5. The summed E-state index contributed by atoms with van der Waals surface area (Å²) in [6, 6.07) is 26.5. The number of carbonyl (C=O) groups excluding carboxylic acids is 1. The highest BCUT2D eigenvalue weighted by Crippen LogP contribution is 2.29. The van der Waals surface area contributed by atoms with Crippen LogP contribution < -0.4 is 5.32 Å². The Hall–Kier alpha value is -4.82. The second-order valence-electron chi connectivity index (χ2n) is 9.45. The van der Waals surface area contributed by atoms with E-state index in [0.717, 1.165) is 38.7 Å². The van der Waals surface area contributed by atoms with E-state index in [2.05, 4.69) is 45.1 Å². The van der Waals surface area contributed by atoms with Gasteiger partial charge in [-0.1, -0.05) is 48.5 Å². The van der Waals surface area contributed by atoms with Crippen molar-refractivity contribution in [3.8, 4) is 11.3 Å². The quantitative estimate of drug-likeness (QED) is 0.243. The van der Waals surface area contributed by atoms with Crippen molar-refractivity contribution in [1.29, 1.82) is 0 Å². The Morgan fingerprint density at radius 2 is 1.74 bits per heavy atom. The third kappa shape index (κ3) is 4.89. The lowest BCUT2D eigenvalue weighted by Crippen LogP contribution is -2.27. The zero-order valence-electron chi connectivity index (χ0n) is 21.0. The van der Waals surface area contributed by atoms with Crippen LogP contribution in [0, 0.1) is 0 Å². The zero-order valence-corrected chi connectivity index (χ0v) is 21.9. The maximum absolute atomic E-state index is 13.8. The molecule has 6 aromatic rings. The van der Waals surface area contributed by atoms with Crippen LogP contribution in [0.5, 0.6) is 0 Å². The van der Waals surface area contributed by atoms with E-state index < -0.39 is 5.97 Å². The van der Waals surface area contributed by atoms with Crippen molar-refractivity contribution < 1.29 is 14.7 Å². The third-order valence-corrected chi connectivity index (χ3v) is 7.42. The number of amides is 1. The van der Waals surface area contributed by atoms with Gasteiger partial charge in [0.25, 0.3) is 5.91 Å². The van der Waals surface area contributed by atoms with E-state index in [9.17, 15) is 14.7 Å². The van der Waals surface area contributed by atoms with E-state index in [0.29, 0.717) is 12.1 Å². The molecule has 0 saturated heterocycles. The number of hydrogen-bond donors (Lipinski definition) is 2. The summed E-state index contributed by atoms with van der Waals surface area (Å²) in [4.78, 5) is 25.0. The Labute approximate surface area is 228 Å². The van der Waals surface area contributed by atoms with E-state index in [1.165, 1.54) is 16.9 Å². The van der Waals surface area contributed by atoms with Gasteiger partial charge in [-0.05, 0) is 76.8 Å².